The molecule has 98 valence electrons. The van der Waals surface area contributed by atoms with Gasteiger partial charge in [0.25, 0.3) is 0 Å². The highest BCUT2D eigenvalue weighted by Gasteiger charge is 2.50. The Bertz CT molecular complexity index is 465. The molecule has 4 aliphatic rings. The van der Waals surface area contributed by atoms with Crippen LogP contribution in [0.4, 0.5) is 5.82 Å². The average molecular weight is 266 g/mol. The third kappa shape index (κ3) is 1.40. The molecule has 0 radical (unpaired) electrons. The van der Waals surface area contributed by atoms with Crippen LogP contribution in [0.3, 0.4) is 0 Å². The number of nitrogens with zero attached hydrogens (tertiary/aromatic N) is 2. The summed E-state index contributed by atoms with van der Waals surface area (Å²) in [7, 11) is 1.99. The Hall–Kier alpha value is -0.700. The van der Waals surface area contributed by atoms with Crippen LogP contribution in [0.5, 0.6) is 0 Å². The van der Waals surface area contributed by atoms with Crippen molar-refractivity contribution < 1.29 is 0 Å². The molecule has 4 heteroatoms. The lowest BCUT2D eigenvalue weighted by Gasteiger charge is -2.54. The number of nitrogens with two attached hydrogens (primary N) is 1. The first-order chi connectivity index (χ1) is 8.63. The molecule has 0 aromatic carbocycles. The van der Waals surface area contributed by atoms with Gasteiger partial charge >= 0.3 is 0 Å². The van der Waals surface area contributed by atoms with Crippen molar-refractivity contribution in [3.63, 3.8) is 0 Å². The van der Waals surface area contributed by atoms with Crippen molar-refractivity contribution in [1.29, 1.82) is 0 Å². The van der Waals surface area contributed by atoms with Gasteiger partial charge in [0.2, 0.25) is 0 Å². The van der Waals surface area contributed by atoms with Crippen LogP contribution in [0.15, 0.2) is 0 Å². The Morgan fingerprint density at radius 2 is 1.67 bits per heavy atom. The van der Waals surface area contributed by atoms with E-state index in [1.807, 2.05) is 11.7 Å². The molecule has 0 unspecified atom stereocenters. The van der Waals surface area contributed by atoms with Gasteiger partial charge < -0.3 is 5.73 Å². The lowest BCUT2D eigenvalue weighted by Crippen LogP contribution is -2.44. The topological polar surface area (TPSA) is 43.8 Å². The van der Waals surface area contributed by atoms with Crippen LogP contribution in [0.25, 0.3) is 0 Å². The maximum atomic E-state index is 6.40. The van der Waals surface area contributed by atoms with Crippen molar-refractivity contribution >= 4 is 17.4 Å². The molecule has 0 amide bonds. The third-order valence-corrected chi connectivity index (χ3v) is 5.99. The SMILES string of the molecule is Cn1nc(N)c(Cl)c1C1C2CC3CC(C2)CC1C3. The smallest absolute Gasteiger partial charge is 0.164 e. The van der Waals surface area contributed by atoms with E-state index in [2.05, 4.69) is 5.10 Å². The fraction of sp³-hybridized carbons (Fsp3) is 0.786. The van der Waals surface area contributed by atoms with E-state index in [9.17, 15) is 0 Å². The fourth-order valence-electron chi connectivity index (χ4n) is 5.27. The van der Waals surface area contributed by atoms with E-state index in [0.29, 0.717) is 11.7 Å². The van der Waals surface area contributed by atoms with Gasteiger partial charge in [-0.15, -0.1) is 0 Å². The number of hydrogen-bond acceptors (Lipinski definition) is 2. The number of hydrogen-bond donors (Lipinski definition) is 1. The molecule has 4 bridgehead atoms. The summed E-state index contributed by atoms with van der Waals surface area (Å²) in [6.07, 6.45) is 7.09. The highest BCUT2D eigenvalue weighted by Crippen LogP contribution is 2.60. The molecular weight excluding hydrogens is 246 g/mol. The summed E-state index contributed by atoms with van der Waals surface area (Å²) >= 11 is 6.40. The van der Waals surface area contributed by atoms with Gasteiger partial charge in [-0.1, -0.05) is 11.6 Å². The summed E-state index contributed by atoms with van der Waals surface area (Å²) in [6.45, 7) is 0. The van der Waals surface area contributed by atoms with Crippen LogP contribution in [0.1, 0.15) is 43.7 Å². The van der Waals surface area contributed by atoms with E-state index < -0.39 is 0 Å². The van der Waals surface area contributed by atoms with Crippen molar-refractivity contribution in [1.82, 2.24) is 9.78 Å². The van der Waals surface area contributed by atoms with Crippen LogP contribution in [-0.4, -0.2) is 9.78 Å². The normalized spacial score (nSPS) is 41.6. The van der Waals surface area contributed by atoms with Crippen LogP contribution in [0.2, 0.25) is 5.02 Å². The van der Waals surface area contributed by atoms with E-state index in [0.717, 1.165) is 28.7 Å². The molecule has 0 saturated heterocycles. The minimum absolute atomic E-state index is 0.503. The molecule has 1 heterocycles. The zero-order valence-corrected chi connectivity index (χ0v) is 11.5. The minimum atomic E-state index is 0.503. The number of aryl methyl sites for hydroxylation is 1. The summed E-state index contributed by atoms with van der Waals surface area (Å²) < 4.78 is 1.94. The molecule has 4 saturated carbocycles. The summed E-state index contributed by atoms with van der Waals surface area (Å²) in [5.41, 5.74) is 7.08. The number of nitrogen functional groups attached to an aromatic ring is 1. The molecule has 5 rings (SSSR count). The average Bonchev–Trinajstić information content (AvgIpc) is 2.54. The molecule has 18 heavy (non-hydrogen) atoms. The third-order valence-electron chi connectivity index (χ3n) is 5.60. The Labute approximate surface area is 113 Å². The van der Waals surface area contributed by atoms with Crippen LogP contribution >= 0.6 is 11.6 Å². The molecule has 2 N–H and O–H groups in total. The van der Waals surface area contributed by atoms with E-state index in [-0.39, 0.29) is 0 Å². The molecule has 1 aromatic heterocycles. The zero-order valence-electron chi connectivity index (χ0n) is 10.8. The van der Waals surface area contributed by atoms with Crippen LogP contribution in [0, 0.1) is 23.7 Å². The molecule has 4 aliphatic carbocycles. The zero-order chi connectivity index (χ0) is 12.4. The molecular formula is C14H20ClN3. The van der Waals surface area contributed by atoms with E-state index >= 15 is 0 Å². The van der Waals surface area contributed by atoms with Crippen LogP contribution < -0.4 is 5.73 Å². The lowest BCUT2D eigenvalue weighted by molar-refractivity contribution is -0.00530. The summed E-state index contributed by atoms with van der Waals surface area (Å²) in [5, 5.41) is 5.02. The summed E-state index contributed by atoms with van der Waals surface area (Å²) in [4.78, 5) is 0. The Kier molecular flexibility index (Phi) is 2.27. The van der Waals surface area contributed by atoms with Gasteiger partial charge in [0.15, 0.2) is 5.82 Å². The second kappa shape index (κ2) is 3.66. The van der Waals surface area contributed by atoms with E-state index in [1.54, 1.807) is 0 Å². The van der Waals surface area contributed by atoms with Crippen molar-refractivity contribution in [3.05, 3.63) is 10.7 Å². The number of anilines is 1. The molecule has 0 aliphatic heterocycles. The maximum absolute atomic E-state index is 6.40. The van der Waals surface area contributed by atoms with E-state index in [4.69, 9.17) is 17.3 Å². The van der Waals surface area contributed by atoms with Crippen molar-refractivity contribution in [3.8, 4) is 0 Å². The predicted molar refractivity (Wildman–Crippen MR) is 72.4 cm³/mol. The van der Waals surface area contributed by atoms with Gasteiger partial charge in [-0.25, -0.2) is 0 Å². The van der Waals surface area contributed by atoms with Crippen molar-refractivity contribution in [2.45, 2.75) is 38.0 Å². The minimum Gasteiger partial charge on any atom is -0.381 e. The first kappa shape index (κ1) is 11.2. The van der Waals surface area contributed by atoms with Gasteiger partial charge in [0.1, 0.15) is 5.02 Å². The standard InChI is InChI=1S/C14H20ClN3/c1-18-13(12(15)14(16)17-18)11-9-3-7-2-8(5-9)6-10(11)4-7/h7-11H,2-6H2,1H3,(H2,16,17). The highest BCUT2D eigenvalue weighted by molar-refractivity contribution is 6.33. The fourth-order valence-corrected chi connectivity index (χ4v) is 5.55. The van der Waals surface area contributed by atoms with Gasteiger partial charge in [0, 0.05) is 13.0 Å². The first-order valence-corrected chi connectivity index (χ1v) is 7.49. The molecule has 0 atom stereocenters. The predicted octanol–water partition coefficient (Wildman–Crippen LogP) is 3.20. The van der Waals surface area contributed by atoms with Gasteiger partial charge in [-0.3, -0.25) is 4.68 Å². The van der Waals surface area contributed by atoms with Gasteiger partial charge in [-0.05, 0) is 55.8 Å². The highest BCUT2D eigenvalue weighted by atomic mass is 35.5. The lowest BCUT2D eigenvalue weighted by atomic mass is 9.51. The van der Waals surface area contributed by atoms with Crippen molar-refractivity contribution in [2.75, 3.05) is 5.73 Å². The molecule has 1 aromatic rings. The second-order valence-corrected chi connectivity index (χ2v) is 7.04. The molecule has 0 spiro atoms. The van der Waals surface area contributed by atoms with Gasteiger partial charge in [-0.2, -0.15) is 5.10 Å². The second-order valence-electron chi connectivity index (χ2n) is 6.66. The Morgan fingerprint density at radius 3 is 2.11 bits per heavy atom. The van der Waals surface area contributed by atoms with Crippen molar-refractivity contribution in [2.24, 2.45) is 30.7 Å². The number of halogens is 1. The maximum Gasteiger partial charge on any atom is 0.164 e. The van der Waals surface area contributed by atoms with Gasteiger partial charge in [0.05, 0.1) is 5.69 Å². The van der Waals surface area contributed by atoms with E-state index in [1.165, 1.54) is 37.8 Å². The monoisotopic (exact) mass is 265 g/mol. The molecule has 4 fully saturated rings. The number of aromatic nitrogens is 2. The summed E-state index contributed by atoms with van der Waals surface area (Å²) in [6, 6.07) is 0. The summed E-state index contributed by atoms with van der Waals surface area (Å²) in [5.74, 6) is 4.76. The molecule has 3 nitrogen and oxygen atoms in total. The Morgan fingerprint density at radius 1 is 1.11 bits per heavy atom. The first-order valence-electron chi connectivity index (χ1n) is 7.11. The quantitative estimate of drug-likeness (QED) is 0.847. The largest absolute Gasteiger partial charge is 0.381 e. The number of rotatable bonds is 1. The van der Waals surface area contributed by atoms with Crippen LogP contribution in [-0.2, 0) is 7.05 Å². The Balaban J connectivity index is 1.76.